The SMILES string of the molecule is CCCCCOCc1ccc(CN)cc1. The van der Waals surface area contributed by atoms with Gasteiger partial charge in [-0.1, -0.05) is 44.0 Å². The van der Waals surface area contributed by atoms with Crippen molar-refractivity contribution in [3.63, 3.8) is 0 Å². The Morgan fingerprint density at radius 1 is 1.07 bits per heavy atom. The molecule has 0 aromatic heterocycles. The summed E-state index contributed by atoms with van der Waals surface area (Å²) in [5.74, 6) is 0. The van der Waals surface area contributed by atoms with Crippen LogP contribution in [-0.2, 0) is 17.9 Å². The van der Waals surface area contributed by atoms with Gasteiger partial charge >= 0.3 is 0 Å². The molecule has 0 bridgehead atoms. The molecule has 0 radical (unpaired) electrons. The third-order valence-corrected chi connectivity index (χ3v) is 2.42. The molecule has 0 amide bonds. The van der Waals surface area contributed by atoms with E-state index in [1.54, 1.807) is 0 Å². The number of rotatable bonds is 7. The average molecular weight is 207 g/mol. The maximum atomic E-state index is 5.56. The van der Waals surface area contributed by atoms with Crippen LogP contribution in [0.1, 0.15) is 37.3 Å². The molecule has 84 valence electrons. The van der Waals surface area contributed by atoms with Gasteiger partial charge in [0, 0.05) is 13.2 Å². The van der Waals surface area contributed by atoms with E-state index in [0.717, 1.165) is 13.0 Å². The van der Waals surface area contributed by atoms with Crippen LogP contribution in [0.25, 0.3) is 0 Å². The van der Waals surface area contributed by atoms with Crippen molar-refractivity contribution in [1.82, 2.24) is 0 Å². The average Bonchev–Trinajstić information content (AvgIpc) is 2.30. The summed E-state index contributed by atoms with van der Waals surface area (Å²) < 4.78 is 5.56. The molecule has 0 saturated heterocycles. The van der Waals surface area contributed by atoms with Crippen LogP contribution in [0.15, 0.2) is 24.3 Å². The van der Waals surface area contributed by atoms with E-state index in [9.17, 15) is 0 Å². The Balaban J connectivity index is 2.20. The van der Waals surface area contributed by atoms with Crippen molar-refractivity contribution in [2.75, 3.05) is 6.61 Å². The summed E-state index contributed by atoms with van der Waals surface area (Å²) in [7, 11) is 0. The van der Waals surface area contributed by atoms with Gasteiger partial charge in [-0.15, -0.1) is 0 Å². The third-order valence-electron chi connectivity index (χ3n) is 2.42. The van der Waals surface area contributed by atoms with E-state index < -0.39 is 0 Å². The zero-order valence-electron chi connectivity index (χ0n) is 9.54. The van der Waals surface area contributed by atoms with E-state index in [2.05, 4.69) is 31.2 Å². The standard InChI is InChI=1S/C13H21NO/c1-2-3-4-9-15-11-13-7-5-12(10-14)6-8-13/h5-8H,2-4,9-11,14H2,1H3. The first-order valence-electron chi connectivity index (χ1n) is 5.72. The molecular weight excluding hydrogens is 186 g/mol. The van der Waals surface area contributed by atoms with Crippen LogP contribution in [0.5, 0.6) is 0 Å². The van der Waals surface area contributed by atoms with Crippen LogP contribution in [0, 0.1) is 0 Å². The monoisotopic (exact) mass is 207 g/mol. The molecule has 0 aliphatic carbocycles. The van der Waals surface area contributed by atoms with Crippen molar-refractivity contribution in [3.8, 4) is 0 Å². The zero-order valence-corrected chi connectivity index (χ0v) is 9.54. The molecule has 1 aromatic carbocycles. The molecule has 0 aliphatic rings. The van der Waals surface area contributed by atoms with Crippen molar-refractivity contribution in [3.05, 3.63) is 35.4 Å². The Hall–Kier alpha value is -0.860. The van der Waals surface area contributed by atoms with Gasteiger partial charge in [0.05, 0.1) is 6.61 Å². The summed E-state index contributed by atoms with van der Waals surface area (Å²) in [6.07, 6.45) is 3.66. The minimum absolute atomic E-state index is 0.609. The Labute approximate surface area is 92.4 Å². The molecular formula is C13H21NO. The second-order valence-corrected chi connectivity index (χ2v) is 3.78. The predicted octanol–water partition coefficient (Wildman–Crippen LogP) is 2.85. The van der Waals surface area contributed by atoms with Gasteiger partial charge in [-0.2, -0.15) is 0 Å². The molecule has 0 unspecified atom stereocenters. The van der Waals surface area contributed by atoms with Gasteiger partial charge < -0.3 is 10.5 Å². The molecule has 0 heterocycles. The Morgan fingerprint density at radius 2 is 1.73 bits per heavy atom. The van der Waals surface area contributed by atoms with E-state index in [0.29, 0.717) is 13.2 Å². The van der Waals surface area contributed by atoms with Crippen molar-refractivity contribution in [1.29, 1.82) is 0 Å². The van der Waals surface area contributed by atoms with Crippen molar-refractivity contribution >= 4 is 0 Å². The number of benzene rings is 1. The van der Waals surface area contributed by atoms with E-state index in [4.69, 9.17) is 10.5 Å². The van der Waals surface area contributed by atoms with Gasteiger partial charge in [-0.3, -0.25) is 0 Å². The highest BCUT2D eigenvalue weighted by Gasteiger charge is 1.94. The van der Waals surface area contributed by atoms with Crippen LogP contribution >= 0.6 is 0 Å². The third kappa shape index (κ3) is 4.96. The summed E-state index contributed by atoms with van der Waals surface area (Å²) in [5.41, 5.74) is 7.92. The maximum absolute atomic E-state index is 5.56. The maximum Gasteiger partial charge on any atom is 0.0716 e. The van der Waals surface area contributed by atoms with Gasteiger partial charge in [0.2, 0.25) is 0 Å². The lowest BCUT2D eigenvalue weighted by atomic mass is 10.1. The summed E-state index contributed by atoms with van der Waals surface area (Å²) in [6.45, 7) is 4.39. The number of ether oxygens (including phenoxy) is 1. The summed E-state index contributed by atoms with van der Waals surface area (Å²) in [6, 6.07) is 8.29. The van der Waals surface area contributed by atoms with Crippen molar-refractivity contribution in [2.24, 2.45) is 5.73 Å². The topological polar surface area (TPSA) is 35.2 Å². The first kappa shape index (κ1) is 12.2. The normalized spacial score (nSPS) is 10.5. The molecule has 0 aliphatic heterocycles. The lowest BCUT2D eigenvalue weighted by Gasteiger charge is -2.04. The lowest BCUT2D eigenvalue weighted by molar-refractivity contribution is 0.117. The fourth-order valence-corrected chi connectivity index (χ4v) is 1.42. The van der Waals surface area contributed by atoms with Crippen molar-refractivity contribution < 1.29 is 4.74 Å². The lowest BCUT2D eigenvalue weighted by Crippen LogP contribution is -1.98. The molecule has 1 rings (SSSR count). The first-order valence-corrected chi connectivity index (χ1v) is 5.72. The fraction of sp³-hybridized carbons (Fsp3) is 0.538. The molecule has 0 fully saturated rings. The number of hydrogen-bond donors (Lipinski definition) is 1. The predicted molar refractivity (Wildman–Crippen MR) is 63.5 cm³/mol. The quantitative estimate of drug-likeness (QED) is 0.698. The van der Waals surface area contributed by atoms with E-state index in [1.807, 2.05) is 0 Å². The Bertz CT molecular complexity index is 256. The van der Waals surface area contributed by atoms with Crippen LogP contribution in [-0.4, -0.2) is 6.61 Å². The number of hydrogen-bond acceptors (Lipinski definition) is 2. The molecule has 0 saturated carbocycles. The van der Waals surface area contributed by atoms with Gasteiger partial charge in [-0.05, 0) is 17.5 Å². The highest BCUT2D eigenvalue weighted by molar-refractivity contribution is 5.21. The molecule has 1 aromatic rings. The summed E-state index contributed by atoms with van der Waals surface area (Å²) >= 11 is 0. The minimum Gasteiger partial charge on any atom is -0.377 e. The number of nitrogens with two attached hydrogens (primary N) is 1. The Kier molecular flexibility index (Phi) is 6.05. The smallest absolute Gasteiger partial charge is 0.0716 e. The molecule has 2 N–H and O–H groups in total. The van der Waals surface area contributed by atoms with E-state index in [-0.39, 0.29) is 0 Å². The van der Waals surface area contributed by atoms with E-state index in [1.165, 1.54) is 24.0 Å². The summed E-state index contributed by atoms with van der Waals surface area (Å²) in [4.78, 5) is 0. The highest BCUT2D eigenvalue weighted by Crippen LogP contribution is 2.05. The molecule has 0 atom stereocenters. The zero-order chi connectivity index (χ0) is 10.9. The fourth-order valence-electron chi connectivity index (χ4n) is 1.42. The van der Waals surface area contributed by atoms with Crippen molar-refractivity contribution in [2.45, 2.75) is 39.3 Å². The largest absolute Gasteiger partial charge is 0.377 e. The Morgan fingerprint density at radius 3 is 2.33 bits per heavy atom. The van der Waals surface area contributed by atoms with Gasteiger partial charge in [0.25, 0.3) is 0 Å². The number of unbranched alkanes of at least 4 members (excludes halogenated alkanes) is 2. The second-order valence-electron chi connectivity index (χ2n) is 3.78. The summed E-state index contributed by atoms with van der Waals surface area (Å²) in [5, 5.41) is 0. The molecule has 0 spiro atoms. The van der Waals surface area contributed by atoms with Gasteiger partial charge in [0.15, 0.2) is 0 Å². The first-order chi connectivity index (χ1) is 7.36. The van der Waals surface area contributed by atoms with Crippen LogP contribution < -0.4 is 5.73 Å². The van der Waals surface area contributed by atoms with Gasteiger partial charge in [0.1, 0.15) is 0 Å². The second kappa shape index (κ2) is 7.43. The van der Waals surface area contributed by atoms with Gasteiger partial charge in [-0.25, -0.2) is 0 Å². The molecule has 15 heavy (non-hydrogen) atoms. The van der Waals surface area contributed by atoms with Crippen LogP contribution in [0.3, 0.4) is 0 Å². The van der Waals surface area contributed by atoms with E-state index >= 15 is 0 Å². The molecule has 2 nitrogen and oxygen atoms in total. The minimum atomic E-state index is 0.609. The molecule has 2 heteroatoms. The van der Waals surface area contributed by atoms with Crippen LogP contribution in [0.4, 0.5) is 0 Å². The van der Waals surface area contributed by atoms with Crippen LogP contribution in [0.2, 0.25) is 0 Å². The highest BCUT2D eigenvalue weighted by atomic mass is 16.5.